The molecule has 19 heavy (non-hydrogen) atoms. The second-order valence-corrected chi connectivity index (χ2v) is 3.79. The van der Waals surface area contributed by atoms with Gasteiger partial charge in [-0.05, 0) is 0 Å². The fourth-order valence-electron chi connectivity index (χ4n) is 0.810. The molecule has 0 amide bonds. The van der Waals surface area contributed by atoms with Crippen LogP contribution in [0.3, 0.4) is 0 Å². The molecular weight excluding hydrogens is 302 g/mol. The Labute approximate surface area is 144 Å². The van der Waals surface area contributed by atoms with E-state index in [9.17, 15) is 0 Å². The number of hydrogen-bond acceptors (Lipinski definition) is 4. The van der Waals surface area contributed by atoms with Gasteiger partial charge in [0.05, 0.1) is 0 Å². The summed E-state index contributed by atoms with van der Waals surface area (Å²) in [5, 5.41) is 16.5. The van der Waals surface area contributed by atoms with Gasteiger partial charge < -0.3 is 16.6 Å². The molecule has 1 aromatic carbocycles. The Hall–Kier alpha value is -0.0100. The van der Waals surface area contributed by atoms with Crippen molar-refractivity contribution in [3.63, 3.8) is 0 Å². The first-order chi connectivity index (χ1) is 7.99. The fraction of sp³-hybridized carbons (Fsp3) is 0.364. The van der Waals surface area contributed by atoms with Gasteiger partial charge in [0.1, 0.15) is 0 Å². The van der Waals surface area contributed by atoms with Gasteiger partial charge in [-0.15, -0.1) is 24.8 Å². The van der Waals surface area contributed by atoms with E-state index in [2.05, 4.69) is 0 Å². The van der Waals surface area contributed by atoms with Gasteiger partial charge >= 0.3 is 72.3 Å². The van der Waals surface area contributed by atoms with Crippen molar-refractivity contribution < 1.29 is 15.0 Å². The van der Waals surface area contributed by atoms with Crippen LogP contribution in [0.15, 0.2) is 24.3 Å². The van der Waals surface area contributed by atoms with Crippen molar-refractivity contribution in [2.24, 2.45) is 11.5 Å². The van der Waals surface area contributed by atoms with Gasteiger partial charge in [0.2, 0.25) is 0 Å². The molecule has 0 aliphatic carbocycles. The average molecular weight is 323 g/mol. The van der Waals surface area contributed by atoms with E-state index in [1.54, 1.807) is 6.07 Å². The van der Waals surface area contributed by atoms with Crippen LogP contribution in [0, 0.1) is 0 Å². The first kappa shape index (κ1) is 27.4. The number of phenols is 1. The van der Waals surface area contributed by atoms with Gasteiger partial charge in [-0.3, -0.25) is 4.79 Å². The van der Waals surface area contributed by atoms with Crippen molar-refractivity contribution in [1.82, 2.24) is 0 Å². The second-order valence-electron chi connectivity index (χ2n) is 3.08. The molecular formula is C11H21Cl2N2NaO3. The number of para-hydroxylation sites is 1. The second kappa shape index (κ2) is 20.3. The first-order valence-corrected chi connectivity index (χ1v) is 6.77. The van der Waals surface area contributed by atoms with E-state index in [0.29, 0.717) is 18.8 Å². The zero-order chi connectivity index (χ0) is 13.7. The van der Waals surface area contributed by atoms with Gasteiger partial charge in [-0.25, -0.2) is 0 Å². The monoisotopic (exact) mass is 322 g/mol. The van der Waals surface area contributed by atoms with Crippen LogP contribution in [-0.4, -0.2) is 57.2 Å². The van der Waals surface area contributed by atoms with Crippen molar-refractivity contribution >= 4 is 58.7 Å². The Balaban J connectivity index is -0.0000000975. The molecule has 8 heteroatoms. The summed E-state index contributed by atoms with van der Waals surface area (Å²) in [5.74, 6) is -0.396. The Bertz CT molecular complexity index is 312. The van der Waals surface area contributed by atoms with Crippen LogP contribution in [0.5, 0.6) is 5.75 Å². The topological polar surface area (TPSA) is 110 Å². The molecule has 0 aromatic heterocycles. The molecule has 0 unspecified atom stereocenters. The molecule has 0 heterocycles. The van der Waals surface area contributed by atoms with E-state index in [4.69, 9.17) is 26.5 Å². The zero-order valence-electron chi connectivity index (χ0n) is 11.2. The van der Waals surface area contributed by atoms with Crippen molar-refractivity contribution in [1.29, 1.82) is 0 Å². The van der Waals surface area contributed by atoms with Crippen molar-refractivity contribution in [2.45, 2.75) is 10.6 Å². The number of hydrogen-bond donors (Lipinski definition) is 4. The molecule has 0 atom stereocenters. The van der Waals surface area contributed by atoms with Crippen LogP contribution in [0.25, 0.3) is 0 Å². The summed E-state index contributed by atoms with van der Waals surface area (Å²) in [6.45, 7) is 2.28. The van der Waals surface area contributed by atoms with Crippen LogP contribution in [-0.2, 0) is 8.46 Å². The molecule has 0 saturated heterocycles. The molecule has 0 spiro atoms. The zero-order valence-corrected chi connectivity index (χ0v) is 14.8. The van der Waals surface area contributed by atoms with Crippen LogP contribution >= 0.6 is 24.8 Å². The fourth-order valence-corrected chi connectivity index (χ4v) is 1.41. The average Bonchev–Trinajstić information content (AvgIpc) is 2.29. The Morgan fingerprint density at radius 2 is 1.58 bits per heavy atom. The third kappa shape index (κ3) is 23.5. The van der Waals surface area contributed by atoms with Crippen LogP contribution in [0.4, 0.5) is 0 Å². The molecule has 108 valence electrons. The summed E-state index contributed by atoms with van der Waals surface area (Å²) in [6, 6.07) is 7.48. The summed E-state index contributed by atoms with van der Waals surface area (Å²) < 4.78 is 1.03. The molecule has 0 saturated carbocycles. The molecule has 1 rings (SSSR count). The third-order valence-corrected chi connectivity index (χ3v) is 2.30. The maximum absolute atomic E-state index is 9.13. The molecule has 0 aliphatic heterocycles. The molecule has 0 radical (unpaired) electrons. The summed E-state index contributed by atoms with van der Waals surface area (Å²) in [7, 11) is 0. The van der Waals surface area contributed by atoms with Crippen LogP contribution in [0.1, 0.15) is 12.5 Å². The Kier molecular flexibility index (Phi) is 29.2. The maximum atomic E-state index is 9.13. The van der Waals surface area contributed by atoms with Gasteiger partial charge in [0.25, 0.3) is 5.97 Å². The molecule has 5 nitrogen and oxygen atoms in total. The van der Waals surface area contributed by atoms with E-state index in [1.807, 2.05) is 18.2 Å². The molecule has 0 fully saturated rings. The number of halogens is 2. The SMILES string of the molecule is CC(=O)O.Cl.Cl.NCCN.Oc1ccccc1[CH2][Na]. The molecule has 6 N–H and O–H groups in total. The molecule has 1 aromatic rings. The predicted octanol–water partition coefficient (Wildman–Crippen LogP) is 0.899. The summed E-state index contributed by atoms with van der Waals surface area (Å²) >= 11 is 1.12. The van der Waals surface area contributed by atoms with Crippen molar-refractivity contribution in [3.8, 4) is 5.75 Å². The number of carboxylic acid groups (broad SMARTS) is 1. The molecule has 0 bridgehead atoms. The van der Waals surface area contributed by atoms with E-state index in [-0.39, 0.29) is 24.8 Å². The molecule has 0 aliphatic rings. The van der Waals surface area contributed by atoms with Crippen molar-refractivity contribution in [2.75, 3.05) is 13.1 Å². The quantitative estimate of drug-likeness (QED) is 0.605. The van der Waals surface area contributed by atoms with Crippen LogP contribution in [0.2, 0.25) is 0 Å². The Morgan fingerprint density at radius 1 is 1.21 bits per heavy atom. The minimum atomic E-state index is -0.833. The summed E-state index contributed by atoms with van der Waals surface area (Å²) in [6.07, 6.45) is 0. The third-order valence-electron chi connectivity index (χ3n) is 1.54. The number of aromatic hydroxyl groups is 1. The number of carbonyl (C=O) groups is 1. The Morgan fingerprint density at radius 3 is 1.79 bits per heavy atom. The van der Waals surface area contributed by atoms with E-state index < -0.39 is 5.97 Å². The number of aliphatic carboxylic acids is 1. The number of benzene rings is 1. The van der Waals surface area contributed by atoms with E-state index >= 15 is 0 Å². The van der Waals surface area contributed by atoms with E-state index in [0.717, 1.165) is 44.1 Å². The number of phenolic OH excluding ortho intramolecular Hbond substituents is 1. The van der Waals surface area contributed by atoms with Gasteiger partial charge in [-0.1, -0.05) is 0 Å². The number of nitrogens with two attached hydrogens (primary N) is 2. The summed E-state index contributed by atoms with van der Waals surface area (Å²) in [4.78, 5) is 9.00. The van der Waals surface area contributed by atoms with Gasteiger partial charge in [0, 0.05) is 20.0 Å². The number of rotatable bonds is 2. The number of carboxylic acids is 1. The minimum absolute atomic E-state index is 0. The normalized spacial score (nSPS) is 7.42. The predicted molar refractivity (Wildman–Crippen MR) is 83.5 cm³/mol. The summed E-state index contributed by atoms with van der Waals surface area (Å²) in [5.41, 5.74) is 10.9. The van der Waals surface area contributed by atoms with E-state index in [1.165, 1.54) is 0 Å². The van der Waals surface area contributed by atoms with Gasteiger partial charge in [0.15, 0.2) is 0 Å². The van der Waals surface area contributed by atoms with Crippen LogP contribution < -0.4 is 11.5 Å². The standard InChI is InChI=1S/C7H7O.C2H8N2.C2H4O2.2ClH.Na/c1-6-4-2-3-5-7(6)8;3-1-2-4;1-2(3)4;;;/h2-5,8H,1H2;1-4H2;1H3,(H,3,4);2*1H;. The van der Waals surface area contributed by atoms with Gasteiger partial charge in [-0.2, -0.15) is 0 Å². The first-order valence-electron chi connectivity index (χ1n) is 5.36. The van der Waals surface area contributed by atoms with Crippen molar-refractivity contribution in [3.05, 3.63) is 29.8 Å².